The van der Waals surface area contributed by atoms with Crippen molar-refractivity contribution in [3.63, 3.8) is 0 Å². The Kier molecular flexibility index (Phi) is 6.25. The highest BCUT2D eigenvalue weighted by atomic mass is 32.2. The standard InChI is InChI=1S/C19H20N2O5S2/c22-18(8-6-16-7-9-19(27-16)21(23)24)20-12-10-17(11-13-20)28(25,26)14-15-4-2-1-3-5-15/h1-9,17H,10-14H2/b8-6+. The molecule has 7 nitrogen and oxygen atoms in total. The summed E-state index contributed by atoms with van der Waals surface area (Å²) in [5.74, 6) is -0.196. The first-order valence-corrected chi connectivity index (χ1v) is 11.3. The first-order chi connectivity index (χ1) is 13.3. The zero-order valence-electron chi connectivity index (χ0n) is 15.1. The minimum absolute atomic E-state index is 0.0174. The number of hydrogen-bond donors (Lipinski definition) is 0. The summed E-state index contributed by atoms with van der Waals surface area (Å²) in [6.07, 6.45) is 3.77. The first-order valence-electron chi connectivity index (χ1n) is 8.82. The predicted octanol–water partition coefficient (Wildman–Crippen LogP) is 3.28. The van der Waals surface area contributed by atoms with Crippen LogP contribution in [0.2, 0.25) is 0 Å². The SMILES string of the molecule is O=C(/C=C/c1ccc([N+](=O)[O-])s1)N1CCC(S(=O)(=O)Cc2ccccc2)CC1. The Bertz CT molecular complexity index is 975. The van der Waals surface area contributed by atoms with E-state index in [0.717, 1.165) is 16.9 Å². The van der Waals surface area contributed by atoms with E-state index in [-0.39, 0.29) is 16.7 Å². The zero-order chi connectivity index (χ0) is 20.1. The Morgan fingerprint density at radius 3 is 2.46 bits per heavy atom. The average molecular weight is 421 g/mol. The summed E-state index contributed by atoms with van der Waals surface area (Å²) in [6.45, 7) is 0.763. The molecule has 28 heavy (non-hydrogen) atoms. The van der Waals surface area contributed by atoms with Crippen molar-refractivity contribution in [2.45, 2.75) is 23.8 Å². The number of carbonyl (C=O) groups is 1. The van der Waals surface area contributed by atoms with Gasteiger partial charge in [-0.1, -0.05) is 41.7 Å². The molecule has 1 saturated heterocycles. The molecule has 3 rings (SSSR count). The smallest absolute Gasteiger partial charge is 0.324 e. The second-order valence-electron chi connectivity index (χ2n) is 6.58. The van der Waals surface area contributed by atoms with Crippen LogP contribution in [0.4, 0.5) is 5.00 Å². The van der Waals surface area contributed by atoms with Gasteiger partial charge in [-0.25, -0.2) is 8.42 Å². The van der Waals surface area contributed by atoms with E-state index in [1.54, 1.807) is 29.2 Å². The summed E-state index contributed by atoms with van der Waals surface area (Å²) >= 11 is 0.998. The Hall–Kier alpha value is -2.52. The van der Waals surface area contributed by atoms with E-state index in [1.165, 1.54) is 12.1 Å². The molecule has 1 aromatic carbocycles. The number of nitro groups is 1. The third-order valence-corrected chi connectivity index (χ3v) is 7.88. The molecule has 0 aliphatic carbocycles. The maximum atomic E-state index is 12.6. The second-order valence-corrected chi connectivity index (χ2v) is 9.96. The molecular weight excluding hydrogens is 400 g/mol. The molecule has 1 fully saturated rings. The molecule has 148 valence electrons. The lowest BCUT2D eigenvalue weighted by molar-refractivity contribution is -0.380. The van der Waals surface area contributed by atoms with Crippen molar-refractivity contribution in [1.82, 2.24) is 4.90 Å². The highest BCUT2D eigenvalue weighted by molar-refractivity contribution is 7.91. The minimum Gasteiger partial charge on any atom is -0.339 e. The van der Waals surface area contributed by atoms with Crippen molar-refractivity contribution >= 4 is 38.2 Å². The van der Waals surface area contributed by atoms with Crippen molar-refractivity contribution in [1.29, 1.82) is 0 Å². The van der Waals surface area contributed by atoms with Gasteiger partial charge in [0, 0.05) is 30.1 Å². The zero-order valence-corrected chi connectivity index (χ0v) is 16.7. The molecule has 1 aliphatic heterocycles. The second kappa shape index (κ2) is 8.66. The van der Waals surface area contributed by atoms with E-state index < -0.39 is 20.0 Å². The molecule has 1 aromatic heterocycles. The molecule has 0 bridgehead atoms. The van der Waals surface area contributed by atoms with Crippen LogP contribution in [0.25, 0.3) is 6.08 Å². The number of piperidine rings is 1. The van der Waals surface area contributed by atoms with Gasteiger partial charge in [0.1, 0.15) is 0 Å². The lowest BCUT2D eigenvalue weighted by Gasteiger charge is -2.31. The quantitative estimate of drug-likeness (QED) is 0.406. The van der Waals surface area contributed by atoms with Crippen molar-refractivity contribution in [3.8, 4) is 0 Å². The van der Waals surface area contributed by atoms with Gasteiger partial charge in [0.15, 0.2) is 9.84 Å². The summed E-state index contributed by atoms with van der Waals surface area (Å²) < 4.78 is 25.3. The van der Waals surface area contributed by atoms with Gasteiger partial charge in [-0.2, -0.15) is 0 Å². The topological polar surface area (TPSA) is 97.6 Å². The van der Waals surface area contributed by atoms with Crippen LogP contribution in [-0.4, -0.2) is 42.5 Å². The van der Waals surface area contributed by atoms with Crippen LogP contribution in [0, 0.1) is 10.1 Å². The van der Waals surface area contributed by atoms with Gasteiger partial charge < -0.3 is 4.90 Å². The van der Waals surface area contributed by atoms with Gasteiger partial charge in [-0.15, -0.1) is 0 Å². The fraction of sp³-hybridized carbons (Fsp3) is 0.316. The molecule has 0 unspecified atom stereocenters. The summed E-state index contributed by atoms with van der Waals surface area (Å²) in [5.41, 5.74) is 0.772. The molecule has 0 N–H and O–H groups in total. The number of sulfone groups is 1. The molecule has 2 aromatic rings. The highest BCUT2D eigenvalue weighted by Gasteiger charge is 2.31. The van der Waals surface area contributed by atoms with Gasteiger partial charge >= 0.3 is 5.00 Å². The largest absolute Gasteiger partial charge is 0.339 e. The monoisotopic (exact) mass is 420 g/mol. The van der Waals surface area contributed by atoms with E-state index in [0.29, 0.717) is 30.8 Å². The Balaban J connectivity index is 1.54. The first kappa shape index (κ1) is 20.2. The molecule has 1 aliphatic rings. The molecular formula is C19H20N2O5S2. The van der Waals surface area contributed by atoms with Gasteiger partial charge in [-0.05, 0) is 30.5 Å². The predicted molar refractivity (Wildman–Crippen MR) is 109 cm³/mol. The number of rotatable bonds is 6. The fourth-order valence-electron chi connectivity index (χ4n) is 3.15. The van der Waals surface area contributed by atoms with Crippen molar-refractivity contribution in [2.75, 3.05) is 13.1 Å². The number of hydrogen-bond acceptors (Lipinski definition) is 6. The molecule has 0 radical (unpaired) electrons. The number of amides is 1. The molecule has 0 atom stereocenters. The number of thiophene rings is 1. The molecule has 1 amide bonds. The third-order valence-electron chi connectivity index (χ3n) is 4.65. The molecule has 0 spiro atoms. The lowest BCUT2D eigenvalue weighted by atomic mass is 10.1. The lowest BCUT2D eigenvalue weighted by Crippen LogP contribution is -2.42. The van der Waals surface area contributed by atoms with E-state index in [4.69, 9.17) is 0 Å². The van der Waals surface area contributed by atoms with E-state index in [2.05, 4.69) is 0 Å². The Labute approximate surface area is 167 Å². The van der Waals surface area contributed by atoms with Crippen molar-refractivity contribution < 1.29 is 18.1 Å². The molecule has 0 saturated carbocycles. The van der Waals surface area contributed by atoms with Crippen LogP contribution in [0.1, 0.15) is 23.3 Å². The molecule has 9 heteroatoms. The Morgan fingerprint density at radius 1 is 1.18 bits per heavy atom. The Morgan fingerprint density at radius 2 is 1.86 bits per heavy atom. The maximum Gasteiger partial charge on any atom is 0.324 e. The van der Waals surface area contributed by atoms with E-state index in [1.807, 2.05) is 18.2 Å². The van der Waals surface area contributed by atoms with Gasteiger partial charge in [-0.3, -0.25) is 14.9 Å². The summed E-state index contributed by atoms with van der Waals surface area (Å²) in [6, 6.07) is 12.1. The number of carbonyl (C=O) groups excluding carboxylic acids is 1. The number of nitrogens with zero attached hydrogens (tertiary/aromatic N) is 2. The molecule has 2 heterocycles. The van der Waals surface area contributed by atoms with Crippen LogP contribution in [0.5, 0.6) is 0 Å². The van der Waals surface area contributed by atoms with Crippen molar-refractivity contribution in [2.24, 2.45) is 0 Å². The van der Waals surface area contributed by atoms with Crippen LogP contribution >= 0.6 is 11.3 Å². The minimum atomic E-state index is -3.26. The highest BCUT2D eigenvalue weighted by Crippen LogP contribution is 2.25. The summed E-state index contributed by atoms with van der Waals surface area (Å²) in [7, 11) is -3.26. The van der Waals surface area contributed by atoms with Crippen molar-refractivity contribution in [3.05, 3.63) is 69.1 Å². The normalized spacial score (nSPS) is 15.8. The number of benzene rings is 1. The fourth-order valence-corrected chi connectivity index (χ4v) is 5.69. The van der Waals surface area contributed by atoms with E-state index >= 15 is 0 Å². The van der Waals surface area contributed by atoms with Gasteiger partial charge in [0.2, 0.25) is 5.91 Å². The van der Waals surface area contributed by atoms with Crippen LogP contribution in [0.15, 0.2) is 48.5 Å². The van der Waals surface area contributed by atoms with E-state index in [9.17, 15) is 23.3 Å². The van der Waals surface area contributed by atoms with Gasteiger partial charge in [0.05, 0.1) is 15.9 Å². The van der Waals surface area contributed by atoms with Crippen LogP contribution < -0.4 is 0 Å². The van der Waals surface area contributed by atoms with Gasteiger partial charge in [0.25, 0.3) is 0 Å². The third kappa shape index (κ3) is 5.05. The average Bonchev–Trinajstić information content (AvgIpc) is 3.16. The summed E-state index contributed by atoms with van der Waals surface area (Å²) in [5, 5.41) is 10.3. The maximum absolute atomic E-state index is 12.6. The van der Waals surface area contributed by atoms with Crippen LogP contribution in [-0.2, 0) is 20.4 Å². The van der Waals surface area contributed by atoms with Crippen LogP contribution in [0.3, 0.4) is 0 Å². The summed E-state index contributed by atoms with van der Waals surface area (Å²) in [4.78, 5) is 24.8. The number of likely N-dealkylation sites (tertiary alicyclic amines) is 1.